The number of ether oxygens (including phenoxy) is 1. The van der Waals surface area contributed by atoms with Crippen LogP contribution in [-0.2, 0) is 10.2 Å². The van der Waals surface area contributed by atoms with Crippen molar-refractivity contribution in [3.63, 3.8) is 0 Å². The molecule has 8 nitrogen and oxygen atoms in total. The van der Waals surface area contributed by atoms with Gasteiger partial charge in [0.15, 0.2) is 5.82 Å². The van der Waals surface area contributed by atoms with E-state index in [0.29, 0.717) is 17.4 Å². The third kappa shape index (κ3) is 2.87. The van der Waals surface area contributed by atoms with E-state index in [1.807, 2.05) is 16.9 Å². The van der Waals surface area contributed by atoms with Crippen molar-refractivity contribution in [3.8, 4) is 11.9 Å². The van der Waals surface area contributed by atoms with Crippen LogP contribution < -0.4 is 4.90 Å². The molecule has 34 heavy (non-hydrogen) atoms. The van der Waals surface area contributed by atoms with Crippen molar-refractivity contribution in [1.29, 1.82) is 5.26 Å². The SMILES string of the molecule is C[C@H]1C2(CC2)C[C@]1(C#N)c1ccc2cnn(-c3cc(N4CCN5CCOC[C@@H]5C4)ncn3)c2c1. The number of fused-ring (bicyclic) bond motifs is 2. The zero-order valence-electron chi connectivity index (χ0n) is 19.5. The van der Waals surface area contributed by atoms with E-state index in [9.17, 15) is 5.26 Å². The third-order valence-corrected chi connectivity index (χ3v) is 9.08. The zero-order valence-corrected chi connectivity index (χ0v) is 19.5. The Hall–Kier alpha value is -3.02. The van der Waals surface area contributed by atoms with Gasteiger partial charge >= 0.3 is 0 Å². The lowest BCUT2D eigenvalue weighted by atomic mass is 9.50. The van der Waals surface area contributed by atoms with Crippen LogP contribution >= 0.6 is 0 Å². The molecule has 3 aromatic rings. The molecular formula is C26H29N7O. The summed E-state index contributed by atoms with van der Waals surface area (Å²) >= 11 is 0. The summed E-state index contributed by atoms with van der Waals surface area (Å²) in [6.45, 7) is 7.76. The third-order valence-electron chi connectivity index (χ3n) is 9.08. The average Bonchev–Trinajstić information content (AvgIpc) is 3.59. The average molecular weight is 456 g/mol. The maximum absolute atomic E-state index is 10.2. The van der Waals surface area contributed by atoms with E-state index in [1.54, 1.807) is 6.33 Å². The quantitative estimate of drug-likeness (QED) is 0.600. The normalized spacial score (nSPS) is 30.1. The Morgan fingerprint density at radius 3 is 2.82 bits per heavy atom. The van der Waals surface area contributed by atoms with Crippen LogP contribution in [0.25, 0.3) is 16.7 Å². The Labute approximate surface area is 199 Å². The number of rotatable bonds is 3. The lowest BCUT2D eigenvalue weighted by Gasteiger charge is -2.51. The van der Waals surface area contributed by atoms with Crippen molar-refractivity contribution < 1.29 is 4.74 Å². The van der Waals surface area contributed by atoms with Crippen molar-refractivity contribution in [2.24, 2.45) is 11.3 Å². The first-order valence-electron chi connectivity index (χ1n) is 12.4. The minimum atomic E-state index is -0.391. The minimum Gasteiger partial charge on any atom is -0.378 e. The molecule has 0 N–H and O–H groups in total. The fourth-order valence-electron chi connectivity index (χ4n) is 6.64. The van der Waals surface area contributed by atoms with Gasteiger partial charge in [0.1, 0.15) is 12.1 Å². The molecule has 2 aromatic heterocycles. The summed E-state index contributed by atoms with van der Waals surface area (Å²) in [5.41, 5.74) is 2.13. The Morgan fingerprint density at radius 2 is 2.00 bits per heavy atom. The van der Waals surface area contributed by atoms with E-state index < -0.39 is 5.41 Å². The second-order valence-electron chi connectivity index (χ2n) is 10.6. The second-order valence-corrected chi connectivity index (χ2v) is 10.6. The molecule has 3 atom stereocenters. The van der Waals surface area contributed by atoms with Crippen molar-refractivity contribution in [2.45, 2.75) is 37.6 Å². The molecule has 1 spiro atoms. The zero-order chi connectivity index (χ0) is 22.9. The number of morpholine rings is 1. The van der Waals surface area contributed by atoms with Gasteiger partial charge in [-0.15, -0.1) is 0 Å². The number of nitriles is 1. The van der Waals surface area contributed by atoms with Crippen LogP contribution in [0.15, 0.2) is 36.8 Å². The van der Waals surface area contributed by atoms with Crippen LogP contribution in [0.1, 0.15) is 31.7 Å². The number of nitrogens with zero attached hydrogens (tertiary/aromatic N) is 7. The lowest BCUT2D eigenvalue weighted by molar-refractivity contribution is -0.0117. The number of piperazine rings is 1. The monoisotopic (exact) mass is 455 g/mol. The number of aromatic nitrogens is 4. The lowest BCUT2D eigenvalue weighted by Crippen LogP contribution is -2.58. The van der Waals surface area contributed by atoms with E-state index in [0.717, 1.165) is 73.9 Å². The number of hydrogen-bond donors (Lipinski definition) is 0. The summed E-state index contributed by atoms with van der Waals surface area (Å²) in [5.74, 6) is 2.07. The van der Waals surface area contributed by atoms with Gasteiger partial charge < -0.3 is 9.64 Å². The van der Waals surface area contributed by atoms with Gasteiger partial charge in [0.2, 0.25) is 0 Å². The molecule has 0 amide bonds. The van der Waals surface area contributed by atoms with Crippen molar-refractivity contribution >= 4 is 16.7 Å². The first-order chi connectivity index (χ1) is 16.6. The van der Waals surface area contributed by atoms with E-state index in [4.69, 9.17) is 4.74 Å². The molecule has 4 fully saturated rings. The first kappa shape index (κ1) is 20.4. The summed E-state index contributed by atoms with van der Waals surface area (Å²) in [5, 5.41) is 15.9. The molecule has 2 aliphatic carbocycles. The van der Waals surface area contributed by atoms with Crippen LogP contribution in [0.3, 0.4) is 0 Å². The Morgan fingerprint density at radius 1 is 1.12 bits per heavy atom. The highest BCUT2D eigenvalue weighted by Crippen LogP contribution is 2.72. The molecule has 2 saturated carbocycles. The van der Waals surface area contributed by atoms with Gasteiger partial charge in [-0.1, -0.05) is 19.1 Å². The molecule has 4 heterocycles. The molecule has 7 rings (SSSR count). The molecule has 8 heteroatoms. The predicted octanol–water partition coefficient (Wildman–Crippen LogP) is 2.92. The molecule has 174 valence electrons. The van der Waals surface area contributed by atoms with Crippen LogP contribution in [-0.4, -0.2) is 70.1 Å². The molecule has 2 aliphatic heterocycles. The summed E-state index contributed by atoms with van der Waals surface area (Å²) in [7, 11) is 0. The molecule has 0 radical (unpaired) electrons. The number of benzene rings is 1. The van der Waals surface area contributed by atoms with Gasteiger partial charge in [-0.2, -0.15) is 10.4 Å². The van der Waals surface area contributed by atoms with E-state index in [2.05, 4.69) is 56.1 Å². The molecule has 2 saturated heterocycles. The fraction of sp³-hybridized carbons (Fsp3) is 0.538. The Bertz CT molecular complexity index is 1310. The van der Waals surface area contributed by atoms with E-state index in [-0.39, 0.29) is 0 Å². The number of anilines is 1. The fourth-order valence-corrected chi connectivity index (χ4v) is 6.64. The molecule has 0 unspecified atom stereocenters. The van der Waals surface area contributed by atoms with Crippen LogP contribution in [0.2, 0.25) is 0 Å². The molecule has 4 aliphatic rings. The van der Waals surface area contributed by atoms with Gasteiger partial charge in [-0.3, -0.25) is 4.90 Å². The van der Waals surface area contributed by atoms with Gasteiger partial charge in [-0.05, 0) is 42.2 Å². The van der Waals surface area contributed by atoms with Gasteiger partial charge in [0.05, 0.1) is 42.5 Å². The van der Waals surface area contributed by atoms with Crippen molar-refractivity contribution in [3.05, 3.63) is 42.4 Å². The molecule has 1 aromatic carbocycles. The Kier molecular flexibility index (Phi) is 4.33. The minimum absolute atomic E-state index is 0.391. The van der Waals surface area contributed by atoms with Crippen molar-refractivity contribution in [2.75, 3.05) is 44.3 Å². The van der Waals surface area contributed by atoms with Gasteiger partial charge in [0, 0.05) is 37.6 Å². The van der Waals surface area contributed by atoms with Gasteiger partial charge in [0.25, 0.3) is 0 Å². The second kappa shape index (κ2) is 7.24. The Balaban J connectivity index is 1.22. The summed E-state index contributed by atoms with van der Waals surface area (Å²) in [6, 6.07) is 11.5. The maximum atomic E-state index is 10.2. The molecule has 0 bridgehead atoms. The first-order valence-corrected chi connectivity index (χ1v) is 12.4. The number of hydrogen-bond acceptors (Lipinski definition) is 7. The van der Waals surface area contributed by atoms with E-state index >= 15 is 0 Å². The summed E-state index contributed by atoms with van der Waals surface area (Å²) < 4.78 is 7.60. The van der Waals surface area contributed by atoms with Crippen LogP contribution in [0, 0.1) is 22.7 Å². The highest BCUT2D eigenvalue weighted by atomic mass is 16.5. The smallest absolute Gasteiger partial charge is 0.159 e. The largest absolute Gasteiger partial charge is 0.378 e. The van der Waals surface area contributed by atoms with E-state index in [1.165, 1.54) is 12.8 Å². The summed E-state index contributed by atoms with van der Waals surface area (Å²) in [4.78, 5) is 14.0. The predicted molar refractivity (Wildman–Crippen MR) is 128 cm³/mol. The van der Waals surface area contributed by atoms with Crippen LogP contribution in [0.4, 0.5) is 5.82 Å². The maximum Gasteiger partial charge on any atom is 0.159 e. The molecular weight excluding hydrogens is 426 g/mol. The highest BCUT2D eigenvalue weighted by molar-refractivity contribution is 5.81. The van der Waals surface area contributed by atoms with Crippen LogP contribution in [0.5, 0.6) is 0 Å². The standard InChI is InChI=1S/C26H29N7O/c1-18-25(4-5-25)15-26(18,16-27)20-3-2-19-12-30-33(22(19)10-20)24-11-23(28-17-29-24)32-7-6-31-8-9-34-14-21(31)13-32/h2-3,10-12,17-18,21H,4-9,13-15H2,1H3/t18-,21-,26+/m0/s1. The topological polar surface area (TPSA) is 83.1 Å². The highest BCUT2D eigenvalue weighted by Gasteiger charge is 2.67. The van der Waals surface area contributed by atoms with Crippen molar-refractivity contribution in [1.82, 2.24) is 24.6 Å². The van der Waals surface area contributed by atoms with Gasteiger partial charge in [-0.25, -0.2) is 14.6 Å². The summed E-state index contributed by atoms with van der Waals surface area (Å²) in [6.07, 6.45) is 7.02.